The second-order valence-corrected chi connectivity index (χ2v) is 3.84. The molecule has 0 aromatic carbocycles. The molecule has 7 heteroatoms. The summed E-state index contributed by atoms with van der Waals surface area (Å²) >= 11 is 0. The van der Waals surface area contributed by atoms with Gasteiger partial charge in [-0.25, -0.2) is 5.84 Å². The zero-order valence-electron chi connectivity index (χ0n) is 9.23. The van der Waals surface area contributed by atoms with Gasteiger partial charge in [0.25, 0.3) is 5.91 Å². The molecule has 1 fully saturated rings. The molecular formula is C10H14N4O3. The summed E-state index contributed by atoms with van der Waals surface area (Å²) in [5, 5.41) is 2.74. The zero-order chi connectivity index (χ0) is 12.3. The Morgan fingerprint density at radius 3 is 3.18 bits per heavy atom. The predicted molar refractivity (Wildman–Crippen MR) is 58.6 cm³/mol. The minimum absolute atomic E-state index is 0.00253. The van der Waals surface area contributed by atoms with E-state index in [1.165, 1.54) is 6.26 Å². The third kappa shape index (κ3) is 2.83. The fourth-order valence-corrected chi connectivity index (χ4v) is 1.71. The average Bonchev–Trinajstić information content (AvgIpc) is 2.76. The number of nitrogens with two attached hydrogens (primary N) is 1. The standard InChI is InChI=1S/C10H14N4O3/c11-13-10(16)7-3-8(17-6-7)4-14-2-1-12-9(15)5-14/h3,6H,1-2,4-5,11H2,(H,12,15)(H,13,16). The first-order valence-electron chi connectivity index (χ1n) is 5.26. The fraction of sp³-hybridized carbons (Fsp3) is 0.400. The molecule has 17 heavy (non-hydrogen) atoms. The number of hydrazine groups is 1. The van der Waals surface area contributed by atoms with E-state index in [1.807, 2.05) is 10.3 Å². The number of nitrogens with zero attached hydrogens (tertiary/aromatic N) is 1. The summed E-state index contributed by atoms with van der Waals surface area (Å²) in [6, 6.07) is 1.62. The van der Waals surface area contributed by atoms with E-state index in [2.05, 4.69) is 5.32 Å². The Morgan fingerprint density at radius 2 is 2.47 bits per heavy atom. The van der Waals surface area contributed by atoms with Crippen LogP contribution in [0.25, 0.3) is 0 Å². The number of nitrogen functional groups attached to an aromatic ring is 1. The maximum Gasteiger partial charge on any atom is 0.268 e. The fourth-order valence-electron chi connectivity index (χ4n) is 1.71. The summed E-state index contributed by atoms with van der Waals surface area (Å²) in [4.78, 5) is 24.3. The van der Waals surface area contributed by atoms with Crippen LogP contribution < -0.4 is 16.6 Å². The number of carbonyl (C=O) groups excluding carboxylic acids is 2. The number of nitrogens with one attached hydrogen (secondary N) is 2. The second kappa shape index (κ2) is 4.98. The van der Waals surface area contributed by atoms with Crippen molar-refractivity contribution in [1.82, 2.24) is 15.6 Å². The Hall–Kier alpha value is -1.86. The predicted octanol–water partition coefficient (Wildman–Crippen LogP) is -1.19. The highest BCUT2D eigenvalue weighted by Gasteiger charge is 2.18. The lowest BCUT2D eigenvalue weighted by Crippen LogP contribution is -2.47. The van der Waals surface area contributed by atoms with Crippen molar-refractivity contribution in [1.29, 1.82) is 0 Å². The number of carbonyl (C=O) groups is 2. The van der Waals surface area contributed by atoms with Crippen LogP contribution in [0.2, 0.25) is 0 Å². The number of rotatable bonds is 3. The molecule has 7 nitrogen and oxygen atoms in total. The first kappa shape index (κ1) is 11.6. The molecule has 1 aliphatic heterocycles. The molecule has 1 aliphatic rings. The van der Waals surface area contributed by atoms with Gasteiger partial charge in [0.15, 0.2) is 0 Å². The number of hydrogen-bond acceptors (Lipinski definition) is 5. The van der Waals surface area contributed by atoms with Crippen molar-refractivity contribution in [2.45, 2.75) is 6.54 Å². The van der Waals surface area contributed by atoms with Crippen LogP contribution in [0.3, 0.4) is 0 Å². The SMILES string of the molecule is NNC(=O)c1coc(CN2CCNC(=O)C2)c1. The topological polar surface area (TPSA) is 101 Å². The highest BCUT2D eigenvalue weighted by Crippen LogP contribution is 2.11. The van der Waals surface area contributed by atoms with Gasteiger partial charge in [0.05, 0.1) is 18.7 Å². The monoisotopic (exact) mass is 238 g/mol. The molecule has 0 unspecified atom stereocenters. The Labute approximate surface area is 97.9 Å². The van der Waals surface area contributed by atoms with Crippen LogP contribution in [-0.4, -0.2) is 36.3 Å². The molecule has 0 saturated carbocycles. The summed E-state index contributed by atoms with van der Waals surface area (Å²) in [6.45, 7) is 2.25. The summed E-state index contributed by atoms with van der Waals surface area (Å²) in [7, 11) is 0. The van der Waals surface area contributed by atoms with E-state index in [0.29, 0.717) is 31.0 Å². The third-order valence-corrected chi connectivity index (χ3v) is 2.54. The third-order valence-electron chi connectivity index (χ3n) is 2.54. The first-order chi connectivity index (χ1) is 8.19. The molecule has 0 bridgehead atoms. The molecule has 0 radical (unpaired) electrons. The first-order valence-corrected chi connectivity index (χ1v) is 5.26. The van der Waals surface area contributed by atoms with Crippen LogP contribution in [0.4, 0.5) is 0 Å². The number of piperazine rings is 1. The van der Waals surface area contributed by atoms with Crippen molar-refractivity contribution in [3.8, 4) is 0 Å². The van der Waals surface area contributed by atoms with Gasteiger partial charge in [-0.1, -0.05) is 0 Å². The maximum absolute atomic E-state index is 11.2. The smallest absolute Gasteiger partial charge is 0.268 e. The van der Waals surface area contributed by atoms with E-state index in [4.69, 9.17) is 10.3 Å². The molecule has 92 valence electrons. The van der Waals surface area contributed by atoms with E-state index < -0.39 is 5.91 Å². The van der Waals surface area contributed by atoms with Gasteiger partial charge >= 0.3 is 0 Å². The van der Waals surface area contributed by atoms with Gasteiger partial charge in [-0.2, -0.15) is 0 Å². The molecule has 2 heterocycles. The molecule has 1 saturated heterocycles. The lowest BCUT2D eigenvalue weighted by Gasteiger charge is -2.25. The number of amides is 2. The van der Waals surface area contributed by atoms with Gasteiger partial charge in [0.1, 0.15) is 12.0 Å². The molecule has 0 atom stereocenters. The molecule has 0 spiro atoms. The quantitative estimate of drug-likeness (QED) is 0.349. The summed E-state index contributed by atoms with van der Waals surface area (Å²) in [5.74, 6) is 5.26. The van der Waals surface area contributed by atoms with Crippen LogP contribution in [0.5, 0.6) is 0 Å². The maximum atomic E-state index is 11.2. The molecule has 4 N–H and O–H groups in total. The van der Waals surface area contributed by atoms with Gasteiger partial charge in [-0.3, -0.25) is 19.9 Å². The molecule has 1 aromatic heterocycles. The summed E-state index contributed by atoms with van der Waals surface area (Å²) in [6.07, 6.45) is 1.35. The van der Waals surface area contributed by atoms with Crippen molar-refractivity contribution in [2.24, 2.45) is 5.84 Å². The van der Waals surface area contributed by atoms with Crippen molar-refractivity contribution >= 4 is 11.8 Å². The Bertz CT molecular complexity index is 429. The second-order valence-electron chi connectivity index (χ2n) is 3.84. The normalized spacial score (nSPS) is 16.6. The molecule has 0 aliphatic carbocycles. The van der Waals surface area contributed by atoms with Gasteiger partial charge in [0, 0.05) is 13.1 Å². The van der Waals surface area contributed by atoms with Crippen LogP contribution >= 0.6 is 0 Å². The Morgan fingerprint density at radius 1 is 1.65 bits per heavy atom. The van der Waals surface area contributed by atoms with Crippen LogP contribution in [0, 0.1) is 0 Å². The summed E-state index contributed by atoms with van der Waals surface area (Å²) < 4.78 is 5.24. The van der Waals surface area contributed by atoms with Crippen LogP contribution in [0.15, 0.2) is 16.7 Å². The van der Waals surface area contributed by atoms with E-state index in [1.54, 1.807) is 6.07 Å². The van der Waals surface area contributed by atoms with Gasteiger partial charge in [0.2, 0.25) is 5.91 Å². The Balaban J connectivity index is 1.96. The van der Waals surface area contributed by atoms with E-state index >= 15 is 0 Å². The number of furan rings is 1. The van der Waals surface area contributed by atoms with E-state index in [-0.39, 0.29) is 5.91 Å². The lowest BCUT2D eigenvalue weighted by molar-refractivity contribution is -0.124. The minimum Gasteiger partial charge on any atom is -0.467 e. The highest BCUT2D eigenvalue weighted by molar-refractivity contribution is 5.93. The van der Waals surface area contributed by atoms with Gasteiger partial charge in [-0.15, -0.1) is 0 Å². The largest absolute Gasteiger partial charge is 0.467 e. The van der Waals surface area contributed by atoms with Gasteiger partial charge < -0.3 is 9.73 Å². The molecule has 1 aromatic rings. The average molecular weight is 238 g/mol. The van der Waals surface area contributed by atoms with Crippen molar-refractivity contribution in [3.05, 3.63) is 23.7 Å². The minimum atomic E-state index is -0.392. The van der Waals surface area contributed by atoms with Crippen LogP contribution in [0.1, 0.15) is 16.1 Å². The van der Waals surface area contributed by atoms with Crippen molar-refractivity contribution < 1.29 is 14.0 Å². The Kier molecular flexibility index (Phi) is 3.40. The molecular weight excluding hydrogens is 224 g/mol. The lowest BCUT2D eigenvalue weighted by atomic mass is 10.2. The molecule has 2 amide bonds. The van der Waals surface area contributed by atoms with Crippen LogP contribution in [-0.2, 0) is 11.3 Å². The van der Waals surface area contributed by atoms with Crippen molar-refractivity contribution in [3.63, 3.8) is 0 Å². The summed E-state index contributed by atoms with van der Waals surface area (Å²) in [5.41, 5.74) is 2.41. The van der Waals surface area contributed by atoms with E-state index in [0.717, 1.165) is 6.54 Å². The highest BCUT2D eigenvalue weighted by atomic mass is 16.3. The van der Waals surface area contributed by atoms with Crippen molar-refractivity contribution in [2.75, 3.05) is 19.6 Å². The zero-order valence-corrected chi connectivity index (χ0v) is 9.23. The molecule has 2 rings (SSSR count). The van der Waals surface area contributed by atoms with E-state index in [9.17, 15) is 9.59 Å². The van der Waals surface area contributed by atoms with Gasteiger partial charge in [-0.05, 0) is 6.07 Å². The number of hydrogen-bond donors (Lipinski definition) is 3.